The topological polar surface area (TPSA) is 12.0 Å². The molecule has 0 unspecified atom stereocenters. The van der Waals surface area contributed by atoms with Gasteiger partial charge in [-0.05, 0) is 0 Å². The molecule has 0 aliphatic carbocycles. The molecule has 0 saturated carbocycles. The Kier molecular flexibility index (Phi) is 4.49. The summed E-state index contributed by atoms with van der Waals surface area (Å²) in [6, 6.07) is 6.63. The molecule has 0 atom stereocenters. The summed E-state index contributed by atoms with van der Waals surface area (Å²) < 4.78 is 1.36. The van der Waals surface area contributed by atoms with Crippen LogP contribution < -0.4 is 5.32 Å². The van der Waals surface area contributed by atoms with Crippen molar-refractivity contribution in [3.63, 3.8) is 0 Å². The van der Waals surface area contributed by atoms with Gasteiger partial charge >= 0.3 is 91.3 Å². The third-order valence-electron chi connectivity index (χ3n) is 1.78. The Balaban J connectivity index is 2.96. The van der Waals surface area contributed by atoms with Gasteiger partial charge in [0.15, 0.2) is 0 Å². The Labute approximate surface area is 91.0 Å². The molecule has 0 heterocycles. The number of halogens is 2. The summed E-state index contributed by atoms with van der Waals surface area (Å²) in [4.78, 5) is 2.16. The number of rotatable bonds is 3. The molecule has 0 fully saturated rings. The predicted octanol–water partition coefficient (Wildman–Crippen LogP) is 3.17. The molecule has 0 amide bonds. The number of alkyl halides is 1. The molecule has 13 heavy (non-hydrogen) atoms. The average molecular weight is 312 g/mol. The molecule has 0 aliphatic heterocycles. The van der Waals surface area contributed by atoms with Crippen molar-refractivity contribution in [2.45, 2.75) is 13.5 Å². The van der Waals surface area contributed by atoms with Crippen LogP contribution in [0.1, 0.15) is 11.1 Å². The van der Waals surface area contributed by atoms with E-state index in [2.05, 4.69) is 35.4 Å². The summed E-state index contributed by atoms with van der Waals surface area (Å²) in [5.41, 5.74) is 2.65. The summed E-state index contributed by atoms with van der Waals surface area (Å²) in [5.74, 6) is 0. The fourth-order valence-corrected chi connectivity index (χ4v) is 3.57. The first-order valence-electron chi connectivity index (χ1n) is 4.15. The predicted molar refractivity (Wildman–Crippen MR) is 68.4 cm³/mol. The third kappa shape index (κ3) is 3.44. The number of nitrogens with one attached hydrogen (secondary N) is 1. The van der Waals surface area contributed by atoms with E-state index in [-0.39, 0.29) is 0 Å². The van der Waals surface area contributed by atoms with Gasteiger partial charge in [0.1, 0.15) is 0 Å². The molecule has 1 aromatic carbocycles. The first kappa shape index (κ1) is 11.3. The quantitative estimate of drug-likeness (QED) is 0.668. The van der Waals surface area contributed by atoms with E-state index in [0.29, 0.717) is 0 Å². The zero-order valence-corrected chi connectivity index (χ0v) is 11.1. The minimum atomic E-state index is -1.33. The average Bonchev–Trinajstić information content (AvgIpc) is 2.03. The SMILES string of the molecule is CNCc1cc(C)cc(I(C)Cl)c1. The molecule has 0 saturated heterocycles. The van der Waals surface area contributed by atoms with Crippen LogP contribution in [0.3, 0.4) is 0 Å². The van der Waals surface area contributed by atoms with Gasteiger partial charge in [-0.15, -0.1) is 0 Å². The fourth-order valence-electron chi connectivity index (χ4n) is 1.27. The zero-order chi connectivity index (χ0) is 9.84. The fraction of sp³-hybridized carbons (Fsp3) is 0.400. The normalized spacial score (nSPS) is 11.5. The molecule has 74 valence electrons. The number of hydrogen-bond acceptors (Lipinski definition) is 1. The molecule has 0 aliphatic rings. The van der Waals surface area contributed by atoms with Crippen molar-refractivity contribution in [1.82, 2.24) is 5.32 Å². The van der Waals surface area contributed by atoms with E-state index in [4.69, 9.17) is 8.91 Å². The van der Waals surface area contributed by atoms with Gasteiger partial charge in [-0.3, -0.25) is 0 Å². The van der Waals surface area contributed by atoms with Crippen molar-refractivity contribution >= 4 is 27.6 Å². The molecular weight excluding hydrogens is 296 g/mol. The Morgan fingerprint density at radius 3 is 2.62 bits per heavy atom. The molecule has 3 heteroatoms. The molecule has 0 aromatic heterocycles. The Morgan fingerprint density at radius 1 is 1.38 bits per heavy atom. The molecular formula is C10H15ClIN. The summed E-state index contributed by atoms with van der Waals surface area (Å²) in [6.45, 7) is 3.05. The van der Waals surface area contributed by atoms with E-state index < -0.39 is 18.7 Å². The zero-order valence-electron chi connectivity index (χ0n) is 8.20. The van der Waals surface area contributed by atoms with Crippen molar-refractivity contribution in [2.75, 3.05) is 12.0 Å². The Bertz CT molecular complexity index is 286. The van der Waals surface area contributed by atoms with Crippen LogP contribution in [0.15, 0.2) is 18.2 Å². The van der Waals surface area contributed by atoms with Gasteiger partial charge in [-0.1, -0.05) is 0 Å². The van der Waals surface area contributed by atoms with Crippen LogP contribution in [-0.4, -0.2) is 12.0 Å². The number of benzene rings is 1. The first-order valence-corrected chi connectivity index (χ1v) is 10.1. The van der Waals surface area contributed by atoms with E-state index >= 15 is 0 Å². The Morgan fingerprint density at radius 2 is 2.08 bits per heavy atom. The van der Waals surface area contributed by atoms with Crippen molar-refractivity contribution in [3.8, 4) is 0 Å². The van der Waals surface area contributed by atoms with Gasteiger partial charge < -0.3 is 0 Å². The monoisotopic (exact) mass is 311 g/mol. The van der Waals surface area contributed by atoms with Crippen molar-refractivity contribution in [2.24, 2.45) is 0 Å². The van der Waals surface area contributed by atoms with Crippen LogP contribution in [0.5, 0.6) is 0 Å². The van der Waals surface area contributed by atoms with Gasteiger partial charge in [-0.25, -0.2) is 0 Å². The molecule has 1 N–H and O–H groups in total. The summed E-state index contributed by atoms with van der Waals surface area (Å²) in [7, 11) is 8.15. The maximum atomic E-state index is 6.18. The van der Waals surface area contributed by atoms with E-state index in [9.17, 15) is 0 Å². The number of aryl methyl sites for hydroxylation is 1. The molecule has 0 bridgehead atoms. The van der Waals surface area contributed by atoms with Gasteiger partial charge in [0.05, 0.1) is 0 Å². The van der Waals surface area contributed by atoms with E-state index in [1.807, 2.05) is 7.05 Å². The summed E-state index contributed by atoms with van der Waals surface area (Å²) in [6.07, 6.45) is 0. The van der Waals surface area contributed by atoms with Crippen LogP contribution in [0.25, 0.3) is 0 Å². The van der Waals surface area contributed by atoms with Crippen molar-refractivity contribution in [3.05, 3.63) is 32.9 Å². The maximum absolute atomic E-state index is 6.18. The van der Waals surface area contributed by atoms with Crippen LogP contribution >= 0.6 is 27.6 Å². The standard InChI is InChI=1S/C10H15ClIN/c1-8-4-9(7-13-3)6-10(5-8)12(2)11/h4-6,13H,7H2,1-3H3. The molecule has 1 nitrogen and oxygen atoms in total. The van der Waals surface area contributed by atoms with E-state index in [0.717, 1.165) is 6.54 Å². The summed E-state index contributed by atoms with van der Waals surface area (Å²) in [5, 5.41) is 3.15. The van der Waals surface area contributed by atoms with Gasteiger partial charge in [0.2, 0.25) is 0 Å². The first-order chi connectivity index (χ1) is 6.13. The van der Waals surface area contributed by atoms with Crippen LogP contribution in [-0.2, 0) is 6.54 Å². The van der Waals surface area contributed by atoms with E-state index in [1.165, 1.54) is 14.7 Å². The second-order valence-electron chi connectivity index (χ2n) is 3.07. The van der Waals surface area contributed by atoms with Gasteiger partial charge in [0.25, 0.3) is 0 Å². The van der Waals surface area contributed by atoms with Crippen LogP contribution in [0.4, 0.5) is 0 Å². The van der Waals surface area contributed by atoms with Crippen LogP contribution in [0.2, 0.25) is 0 Å². The summed E-state index contributed by atoms with van der Waals surface area (Å²) >= 11 is -1.33. The molecule has 1 aromatic rings. The van der Waals surface area contributed by atoms with Crippen molar-refractivity contribution < 1.29 is 0 Å². The Hall–Kier alpha value is 0.200. The van der Waals surface area contributed by atoms with Gasteiger partial charge in [0, 0.05) is 0 Å². The molecule has 0 radical (unpaired) electrons. The molecule has 0 spiro atoms. The minimum absolute atomic E-state index is 0.926. The second kappa shape index (κ2) is 5.17. The second-order valence-corrected chi connectivity index (χ2v) is 9.49. The third-order valence-corrected chi connectivity index (χ3v) is 5.23. The van der Waals surface area contributed by atoms with Crippen molar-refractivity contribution in [1.29, 1.82) is 0 Å². The molecule has 1 rings (SSSR count). The van der Waals surface area contributed by atoms with Crippen LogP contribution in [0, 0.1) is 10.5 Å². The number of hydrogen-bond donors (Lipinski definition) is 1. The van der Waals surface area contributed by atoms with E-state index in [1.54, 1.807) is 0 Å². The van der Waals surface area contributed by atoms with Gasteiger partial charge in [-0.2, -0.15) is 0 Å².